The van der Waals surface area contributed by atoms with Crippen molar-refractivity contribution in [1.29, 1.82) is 0 Å². The number of nitrogens with two attached hydrogens (primary N) is 1. The number of likely N-dealkylation sites (tertiary alicyclic amines) is 1. The van der Waals surface area contributed by atoms with Gasteiger partial charge in [-0.05, 0) is 51.1 Å². The predicted octanol–water partition coefficient (Wildman–Crippen LogP) is 2.94. The van der Waals surface area contributed by atoms with E-state index in [-0.39, 0.29) is 6.04 Å². The van der Waals surface area contributed by atoms with Gasteiger partial charge in [-0.25, -0.2) is 0 Å². The second-order valence-corrected chi connectivity index (χ2v) is 5.53. The number of benzene rings is 1. The van der Waals surface area contributed by atoms with Crippen LogP contribution in [0.1, 0.15) is 31.4 Å². The predicted molar refractivity (Wildman–Crippen MR) is 77.9 cm³/mol. The third-order valence-electron chi connectivity index (χ3n) is 3.44. The number of halogens is 1. The quantitative estimate of drug-likeness (QED) is 0.908. The van der Waals surface area contributed by atoms with Crippen LogP contribution in [-0.2, 0) is 0 Å². The molecule has 4 heteroatoms. The van der Waals surface area contributed by atoms with Crippen molar-refractivity contribution >= 4 is 15.9 Å². The Labute approximate surface area is 117 Å². The Bertz CT molecular complexity index is 391. The largest absolute Gasteiger partial charge is 0.494 e. The molecular weight excluding hydrogens is 292 g/mol. The number of ether oxygens (including phenoxy) is 1. The molecule has 1 heterocycles. The maximum absolute atomic E-state index is 5.99. The molecule has 0 radical (unpaired) electrons. The molecule has 1 fully saturated rings. The van der Waals surface area contributed by atoms with Gasteiger partial charge in [-0.3, -0.25) is 4.90 Å². The molecule has 1 aromatic rings. The molecule has 0 aliphatic carbocycles. The normalized spacial score (nSPS) is 17.9. The fourth-order valence-electron chi connectivity index (χ4n) is 2.59. The van der Waals surface area contributed by atoms with Crippen molar-refractivity contribution in [2.45, 2.75) is 25.8 Å². The monoisotopic (exact) mass is 312 g/mol. The Morgan fingerprint density at radius 3 is 2.72 bits per heavy atom. The fraction of sp³-hybridized carbons (Fsp3) is 0.571. The second-order valence-electron chi connectivity index (χ2n) is 4.61. The number of nitrogens with zero attached hydrogens (tertiary/aromatic N) is 1. The van der Waals surface area contributed by atoms with Crippen LogP contribution in [0, 0.1) is 0 Å². The molecule has 0 saturated carbocycles. The smallest absolute Gasteiger partial charge is 0.124 e. The van der Waals surface area contributed by atoms with Crippen molar-refractivity contribution in [1.82, 2.24) is 4.90 Å². The number of hydrogen-bond acceptors (Lipinski definition) is 3. The van der Waals surface area contributed by atoms with Gasteiger partial charge in [0, 0.05) is 16.6 Å². The van der Waals surface area contributed by atoms with Crippen LogP contribution in [0.25, 0.3) is 0 Å². The maximum atomic E-state index is 5.99. The molecule has 0 bridgehead atoms. The van der Waals surface area contributed by atoms with Crippen LogP contribution < -0.4 is 10.5 Å². The fourth-order valence-corrected chi connectivity index (χ4v) is 2.97. The van der Waals surface area contributed by atoms with Gasteiger partial charge < -0.3 is 10.5 Å². The van der Waals surface area contributed by atoms with Crippen LogP contribution in [0.4, 0.5) is 0 Å². The SMILES string of the molecule is CCOc1ccc(Br)cc1C(CN)N1CCCC1. The average Bonchev–Trinajstić information content (AvgIpc) is 2.87. The Morgan fingerprint density at radius 1 is 1.39 bits per heavy atom. The number of rotatable bonds is 5. The molecule has 1 aliphatic heterocycles. The average molecular weight is 313 g/mol. The van der Waals surface area contributed by atoms with Crippen LogP contribution in [-0.4, -0.2) is 31.1 Å². The Hall–Kier alpha value is -0.580. The second kappa shape index (κ2) is 6.55. The zero-order valence-electron chi connectivity index (χ0n) is 10.9. The van der Waals surface area contributed by atoms with Crippen LogP contribution in [0.3, 0.4) is 0 Å². The van der Waals surface area contributed by atoms with E-state index in [2.05, 4.69) is 26.9 Å². The third-order valence-corrected chi connectivity index (χ3v) is 3.93. The Balaban J connectivity index is 2.29. The lowest BCUT2D eigenvalue weighted by Gasteiger charge is -2.28. The van der Waals surface area contributed by atoms with E-state index in [0.717, 1.165) is 23.3 Å². The summed E-state index contributed by atoms with van der Waals surface area (Å²) in [4.78, 5) is 2.46. The van der Waals surface area contributed by atoms with Gasteiger partial charge in [0.1, 0.15) is 5.75 Å². The summed E-state index contributed by atoms with van der Waals surface area (Å²) in [6.45, 7) is 5.61. The lowest BCUT2D eigenvalue weighted by atomic mass is 10.0. The summed E-state index contributed by atoms with van der Waals surface area (Å²) in [5.74, 6) is 0.961. The van der Waals surface area contributed by atoms with Crippen molar-refractivity contribution in [2.75, 3.05) is 26.2 Å². The summed E-state index contributed by atoms with van der Waals surface area (Å²) in [5.41, 5.74) is 7.19. The van der Waals surface area contributed by atoms with Crippen molar-refractivity contribution in [3.63, 3.8) is 0 Å². The van der Waals surface area contributed by atoms with E-state index in [1.54, 1.807) is 0 Å². The zero-order chi connectivity index (χ0) is 13.0. The molecule has 100 valence electrons. The van der Waals surface area contributed by atoms with Gasteiger partial charge in [-0.1, -0.05) is 15.9 Å². The van der Waals surface area contributed by atoms with Gasteiger partial charge in [0.2, 0.25) is 0 Å². The Kier molecular flexibility index (Phi) is 5.03. The van der Waals surface area contributed by atoms with E-state index in [4.69, 9.17) is 10.5 Å². The summed E-state index contributed by atoms with van der Waals surface area (Å²) in [6.07, 6.45) is 2.54. The summed E-state index contributed by atoms with van der Waals surface area (Å²) >= 11 is 3.54. The molecule has 0 spiro atoms. The van der Waals surface area contributed by atoms with E-state index in [1.165, 1.54) is 18.4 Å². The molecule has 1 unspecified atom stereocenters. The number of hydrogen-bond donors (Lipinski definition) is 1. The minimum Gasteiger partial charge on any atom is -0.494 e. The van der Waals surface area contributed by atoms with Crippen molar-refractivity contribution < 1.29 is 4.74 Å². The first-order chi connectivity index (χ1) is 8.76. The first kappa shape index (κ1) is 13.8. The minimum atomic E-state index is 0.270. The molecule has 1 aliphatic rings. The van der Waals surface area contributed by atoms with Crippen LogP contribution in [0.5, 0.6) is 5.75 Å². The first-order valence-corrected chi connectivity index (χ1v) is 7.42. The molecule has 2 N–H and O–H groups in total. The maximum Gasteiger partial charge on any atom is 0.124 e. The molecule has 0 amide bonds. The van der Waals surface area contributed by atoms with Crippen LogP contribution >= 0.6 is 15.9 Å². The molecule has 0 aromatic heterocycles. The van der Waals surface area contributed by atoms with Gasteiger partial charge in [0.05, 0.1) is 12.6 Å². The molecule has 3 nitrogen and oxygen atoms in total. The lowest BCUT2D eigenvalue weighted by molar-refractivity contribution is 0.241. The van der Waals surface area contributed by atoms with Crippen LogP contribution in [0.15, 0.2) is 22.7 Å². The molecule has 18 heavy (non-hydrogen) atoms. The van der Waals surface area contributed by atoms with Gasteiger partial charge in [0.15, 0.2) is 0 Å². The topological polar surface area (TPSA) is 38.5 Å². The van der Waals surface area contributed by atoms with E-state index in [9.17, 15) is 0 Å². The highest BCUT2D eigenvalue weighted by molar-refractivity contribution is 9.10. The van der Waals surface area contributed by atoms with Crippen LogP contribution in [0.2, 0.25) is 0 Å². The lowest BCUT2D eigenvalue weighted by Crippen LogP contribution is -2.31. The van der Waals surface area contributed by atoms with Crippen molar-refractivity contribution in [2.24, 2.45) is 5.73 Å². The van der Waals surface area contributed by atoms with Crippen molar-refractivity contribution in [3.8, 4) is 5.75 Å². The zero-order valence-corrected chi connectivity index (χ0v) is 12.4. The summed E-state index contributed by atoms with van der Waals surface area (Å²) in [7, 11) is 0. The molecule has 2 rings (SSSR count). The highest BCUT2D eigenvalue weighted by Gasteiger charge is 2.24. The van der Waals surface area contributed by atoms with Gasteiger partial charge >= 0.3 is 0 Å². The minimum absolute atomic E-state index is 0.270. The Morgan fingerprint density at radius 2 is 2.11 bits per heavy atom. The molecule has 1 aromatic carbocycles. The molecule has 1 saturated heterocycles. The molecular formula is C14H21BrN2O. The van der Waals surface area contributed by atoms with E-state index in [1.807, 2.05) is 19.1 Å². The van der Waals surface area contributed by atoms with Crippen molar-refractivity contribution in [3.05, 3.63) is 28.2 Å². The van der Waals surface area contributed by atoms with E-state index >= 15 is 0 Å². The highest BCUT2D eigenvalue weighted by atomic mass is 79.9. The van der Waals surface area contributed by atoms with Gasteiger partial charge in [-0.2, -0.15) is 0 Å². The molecule has 1 atom stereocenters. The summed E-state index contributed by atoms with van der Waals surface area (Å²) in [6, 6.07) is 6.46. The van der Waals surface area contributed by atoms with E-state index < -0.39 is 0 Å². The summed E-state index contributed by atoms with van der Waals surface area (Å²) < 4.78 is 6.81. The summed E-state index contributed by atoms with van der Waals surface area (Å²) in [5, 5.41) is 0. The highest BCUT2D eigenvalue weighted by Crippen LogP contribution is 2.33. The van der Waals surface area contributed by atoms with Gasteiger partial charge in [0.25, 0.3) is 0 Å². The first-order valence-electron chi connectivity index (χ1n) is 6.62. The standard InChI is InChI=1S/C14H21BrN2O/c1-2-18-14-6-5-11(15)9-12(14)13(10-16)17-7-3-4-8-17/h5-6,9,13H,2-4,7-8,10,16H2,1H3. The van der Waals surface area contributed by atoms with Gasteiger partial charge in [-0.15, -0.1) is 0 Å². The van der Waals surface area contributed by atoms with E-state index in [0.29, 0.717) is 13.2 Å². The third kappa shape index (κ3) is 3.05.